The monoisotopic (exact) mass is 454 g/mol. The summed E-state index contributed by atoms with van der Waals surface area (Å²) >= 11 is 5.80. The molecule has 4 rings (SSSR count). The van der Waals surface area contributed by atoms with E-state index in [1.807, 2.05) is 0 Å². The minimum Gasteiger partial charge on any atom is -0.348 e. The van der Waals surface area contributed by atoms with Crippen molar-refractivity contribution in [1.82, 2.24) is 5.32 Å². The number of ketones is 1. The normalized spacial score (nSPS) is 15.2. The quantitative estimate of drug-likeness (QED) is 0.556. The zero-order chi connectivity index (χ0) is 22.8. The lowest BCUT2D eigenvalue weighted by Crippen LogP contribution is -2.37. The van der Waals surface area contributed by atoms with Crippen LogP contribution in [0.2, 0.25) is 5.02 Å². The number of hydrogen-bond donors (Lipinski definition) is 2. The lowest BCUT2D eigenvalue weighted by molar-refractivity contribution is -0.118. The Morgan fingerprint density at radius 2 is 1.69 bits per heavy atom. The number of carbonyl (C=O) groups is 3. The molecule has 1 aliphatic rings. The third-order valence-corrected chi connectivity index (χ3v) is 5.52. The molecule has 0 bridgehead atoms. The number of carbonyl (C=O) groups excluding carboxylic acids is 3. The molecule has 1 heterocycles. The fraction of sp³-hybridized carbons (Fsp3) is 0.125. The minimum absolute atomic E-state index is 0.0467. The van der Waals surface area contributed by atoms with Crippen molar-refractivity contribution in [3.8, 4) is 0 Å². The number of benzene rings is 3. The standard InChI is InChI=1S/C24H17ClF2N2O3/c25-19-10-14(3-7-20(19)27)9-18-22(30)17-11-15(4-8-21(17)29-24(18)32)23(31)28-12-13-1-5-16(26)6-2-13/h1-8,10-11,18H,9,12H2,(H,28,31)(H,29,32). The molecule has 2 N–H and O–H groups in total. The maximum absolute atomic E-state index is 13.4. The molecule has 0 fully saturated rings. The van der Waals surface area contributed by atoms with E-state index in [0.717, 1.165) is 5.56 Å². The first-order chi connectivity index (χ1) is 15.3. The van der Waals surface area contributed by atoms with Gasteiger partial charge in [0.1, 0.15) is 17.6 Å². The topological polar surface area (TPSA) is 75.3 Å². The highest BCUT2D eigenvalue weighted by Crippen LogP contribution is 2.29. The summed E-state index contributed by atoms with van der Waals surface area (Å²) in [5, 5.41) is 5.31. The summed E-state index contributed by atoms with van der Waals surface area (Å²) in [7, 11) is 0. The Morgan fingerprint density at radius 3 is 2.41 bits per heavy atom. The number of rotatable bonds is 5. The molecule has 1 aliphatic heterocycles. The number of hydrogen-bond acceptors (Lipinski definition) is 3. The molecule has 0 aromatic heterocycles. The highest BCUT2D eigenvalue weighted by atomic mass is 35.5. The van der Waals surface area contributed by atoms with Crippen LogP contribution in [0.25, 0.3) is 0 Å². The van der Waals surface area contributed by atoms with E-state index in [4.69, 9.17) is 11.6 Å². The van der Waals surface area contributed by atoms with Crippen molar-refractivity contribution in [3.63, 3.8) is 0 Å². The predicted molar refractivity (Wildman–Crippen MR) is 116 cm³/mol. The summed E-state index contributed by atoms with van der Waals surface area (Å²) in [5.41, 5.74) is 2.06. The van der Waals surface area contributed by atoms with Crippen molar-refractivity contribution in [2.24, 2.45) is 5.92 Å². The van der Waals surface area contributed by atoms with E-state index in [0.29, 0.717) is 11.3 Å². The van der Waals surface area contributed by atoms with Gasteiger partial charge in [-0.1, -0.05) is 29.8 Å². The van der Waals surface area contributed by atoms with Crippen molar-refractivity contribution >= 4 is 34.9 Å². The first-order valence-corrected chi connectivity index (χ1v) is 10.2. The van der Waals surface area contributed by atoms with E-state index in [1.54, 1.807) is 12.1 Å². The summed E-state index contributed by atoms with van der Waals surface area (Å²) in [6.07, 6.45) is 0.0467. The van der Waals surface area contributed by atoms with Gasteiger partial charge in [0, 0.05) is 17.7 Å². The Balaban J connectivity index is 1.51. The van der Waals surface area contributed by atoms with Crippen molar-refractivity contribution in [2.45, 2.75) is 13.0 Å². The SMILES string of the molecule is O=C(NCc1ccc(F)cc1)c1ccc2c(c1)C(=O)C(Cc1ccc(F)c(Cl)c1)C(=O)N2. The molecule has 0 radical (unpaired) electrons. The molecule has 162 valence electrons. The van der Waals surface area contributed by atoms with E-state index in [1.165, 1.54) is 48.5 Å². The fourth-order valence-corrected chi connectivity index (χ4v) is 3.70. The summed E-state index contributed by atoms with van der Waals surface area (Å²) in [5.74, 6) is -3.30. The van der Waals surface area contributed by atoms with Gasteiger partial charge in [-0.25, -0.2) is 8.78 Å². The minimum atomic E-state index is -1.03. The van der Waals surface area contributed by atoms with Gasteiger partial charge in [0.25, 0.3) is 5.91 Å². The second-order valence-corrected chi connectivity index (χ2v) is 7.84. The molecule has 0 saturated carbocycles. The van der Waals surface area contributed by atoms with Crippen LogP contribution in [0.5, 0.6) is 0 Å². The Morgan fingerprint density at radius 1 is 0.969 bits per heavy atom. The van der Waals surface area contributed by atoms with Gasteiger partial charge in [-0.05, 0) is 60.0 Å². The van der Waals surface area contributed by atoms with Gasteiger partial charge < -0.3 is 10.6 Å². The summed E-state index contributed by atoms with van der Waals surface area (Å²) in [6.45, 7) is 0.189. The number of halogens is 3. The first kappa shape index (κ1) is 21.6. The van der Waals surface area contributed by atoms with Crippen LogP contribution in [0.4, 0.5) is 14.5 Å². The van der Waals surface area contributed by atoms with Crippen LogP contribution in [0.1, 0.15) is 31.8 Å². The second-order valence-electron chi connectivity index (χ2n) is 7.43. The zero-order valence-electron chi connectivity index (χ0n) is 16.6. The molecule has 32 heavy (non-hydrogen) atoms. The van der Waals surface area contributed by atoms with Crippen molar-refractivity contribution in [3.05, 3.63) is 99.6 Å². The Kier molecular flexibility index (Phi) is 6.01. The van der Waals surface area contributed by atoms with Crippen LogP contribution in [-0.2, 0) is 17.8 Å². The number of fused-ring (bicyclic) bond motifs is 1. The van der Waals surface area contributed by atoms with E-state index in [9.17, 15) is 23.2 Å². The largest absolute Gasteiger partial charge is 0.348 e. The highest BCUT2D eigenvalue weighted by molar-refractivity contribution is 6.30. The van der Waals surface area contributed by atoms with Gasteiger partial charge in [-0.3, -0.25) is 14.4 Å². The maximum atomic E-state index is 13.4. The molecule has 5 nitrogen and oxygen atoms in total. The fourth-order valence-electron chi connectivity index (χ4n) is 3.50. The molecule has 0 aliphatic carbocycles. The third-order valence-electron chi connectivity index (χ3n) is 5.23. The van der Waals surface area contributed by atoms with Gasteiger partial charge in [0.2, 0.25) is 5.91 Å². The van der Waals surface area contributed by atoms with Crippen molar-refractivity contribution in [2.75, 3.05) is 5.32 Å². The van der Waals surface area contributed by atoms with Crippen LogP contribution < -0.4 is 10.6 Å². The molecule has 3 aromatic rings. The van der Waals surface area contributed by atoms with Crippen LogP contribution in [0, 0.1) is 17.6 Å². The molecule has 1 unspecified atom stereocenters. The number of nitrogens with one attached hydrogen (secondary N) is 2. The average molecular weight is 455 g/mol. The Bertz CT molecular complexity index is 1230. The Hall–Kier alpha value is -3.58. The van der Waals surface area contributed by atoms with Crippen LogP contribution in [0.15, 0.2) is 60.7 Å². The van der Waals surface area contributed by atoms with Gasteiger partial charge >= 0.3 is 0 Å². The lowest BCUT2D eigenvalue weighted by Gasteiger charge is -2.24. The van der Waals surface area contributed by atoms with E-state index >= 15 is 0 Å². The molecule has 0 saturated heterocycles. The molecule has 3 aromatic carbocycles. The third kappa shape index (κ3) is 4.53. The smallest absolute Gasteiger partial charge is 0.251 e. The predicted octanol–water partition coefficient (Wildman–Crippen LogP) is 4.54. The number of amides is 2. The van der Waals surface area contributed by atoms with Gasteiger partial charge in [-0.15, -0.1) is 0 Å². The van der Waals surface area contributed by atoms with Crippen molar-refractivity contribution < 1.29 is 23.2 Å². The summed E-state index contributed by atoms with van der Waals surface area (Å²) < 4.78 is 26.4. The highest BCUT2D eigenvalue weighted by Gasteiger charge is 2.34. The first-order valence-electron chi connectivity index (χ1n) is 9.77. The van der Waals surface area contributed by atoms with Crippen LogP contribution in [-0.4, -0.2) is 17.6 Å². The van der Waals surface area contributed by atoms with E-state index in [-0.39, 0.29) is 34.9 Å². The van der Waals surface area contributed by atoms with Gasteiger partial charge in [0.05, 0.1) is 10.7 Å². The summed E-state index contributed by atoms with van der Waals surface area (Å²) in [6, 6.07) is 14.2. The summed E-state index contributed by atoms with van der Waals surface area (Å²) in [4.78, 5) is 38.1. The zero-order valence-corrected chi connectivity index (χ0v) is 17.4. The van der Waals surface area contributed by atoms with Crippen LogP contribution in [0.3, 0.4) is 0 Å². The van der Waals surface area contributed by atoms with E-state index < -0.39 is 29.3 Å². The average Bonchev–Trinajstić information content (AvgIpc) is 2.78. The second kappa shape index (κ2) is 8.88. The van der Waals surface area contributed by atoms with Gasteiger partial charge in [0.15, 0.2) is 5.78 Å². The molecular weight excluding hydrogens is 438 g/mol. The Labute approximate surface area is 187 Å². The van der Waals surface area contributed by atoms with Gasteiger partial charge in [-0.2, -0.15) is 0 Å². The molecule has 2 amide bonds. The molecule has 8 heteroatoms. The maximum Gasteiger partial charge on any atom is 0.251 e. The number of anilines is 1. The molecular formula is C24H17ClF2N2O3. The molecule has 0 spiro atoms. The molecule has 1 atom stereocenters. The number of Topliss-reactive ketones (excluding diaryl/α,β-unsaturated/α-hetero) is 1. The lowest BCUT2D eigenvalue weighted by atomic mass is 9.86. The van der Waals surface area contributed by atoms with Crippen LogP contribution >= 0.6 is 11.6 Å². The van der Waals surface area contributed by atoms with Crippen molar-refractivity contribution in [1.29, 1.82) is 0 Å². The van der Waals surface area contributed by atoms with E-state index in [2.05, 4.69) is 10.6 Å².